The van der Waals surface area contributed by atoms with Crippen LogP contribution in [0.3, 0.4) is 0 Å². The van der Waals surface area contributed by atoms with Crippen molar-refractivity contribution in [2.45, 2.75) is 63.1 Å². The molecule has 3 fully saturated rings. The molecule has 3 aliphatic rings. The molecule has 0 N–H and O–H groups in total. The molecule has 1 amide bonds. The first-order valence-electron chi connectivity index (χ1n) is 13.6. The molecule has 0 bridgehead atoms. The van der Waals surface area contributed by atoms with Crippen LogP contribution in [0.2, 0.25) is 0 Å². The highest BCUT2D eigenvalue weighted by atomic mass is 16.6. The summed E-state index contributed by atoms with van der Waals surface area (Å²) in [5.41, 5.74) is 1.70. The smallest absolute Gasteiger partial charge is 0.269 e. The molecule has 0 atom stereocenters. The van der Waals surface area contributed by atoms with E-state index in [1.54, 1.807) is 12.1 Å². The third-order valence-corrected chi connectivity index (χ3v) is 8.53. The van der Waals surface area contributed by atoms with Crippen LogP contribution in [0, 0.1) is 10.1 Å². The number of nitro benzene ring substituents is 1. The number of nitro groups is 1. The highest BCUT2D eigenvalue weighted by Crippen LogP contribution is 2.32. The molecule has 194 valence electrons. The minimum Gasteiger partial charge on any atom is -0.490 e. The van der Waals surface area contributed by atoms with Gasteiger partial charge in [-0.2, -0.15) is 0 Å². The summed E-state index contributed by atoms with van der Waals surface area (Å²) in [6.45, 7) is 3.64. The van der Waals surface area contributed by atoms with Gasteiger partial charge in [0, 0.05) is 73.1 Å². The fourth-order valence-corrected chi connectivity index (χ4v) is 6.09. The number of benzene rings is 2. The summed E-state index contributed by atoms with van der Waals surface area (Å²) in [5.74, 6) is 0.891. The zero-order chi connectivity index (χ0) is 25.4. The zero-order valence-electron chi connectivity index (χ0n) is 21.1. The first-order valence-corrected chi connectivity index (χ1v) is 13.6. The van der Waals surface area contributed by atoms with E-state index >= 15 is 0 Å². The highest BCUT2D eigenvalue weighted by molar-refractivity contribution is 5.94. The van der Waals surface area contributed by atoms with Crippen LogP contribution in [0.5, 0.6) is 5.75 Å². The van der Waals surface area contributed by atoms with Crippen molar-refractivity contribution in [3.8, 4) is 5.75 Å². The summed E-state index contributed by atoms with van der Waals surface area (Å²) >= 11 is 0. The van der Waals surface area contributed by atoms with Gasteiger partial charge in [0.15, 0.2) is 0 Å². The molecule has 1 aliphatic carbocycles. The van der Waals surface area contributed by atoms with Crippen LogP contribution in [0.15, 0.2) is 54.7 Å². The molecular formula is C29H34N4O4. The monoisotopic (exact) mass is 502 g/mol. The minimum atomic E-state index is -0.449. The van der Waals surface area contributed by atoms with Crippen molar-refractivity contribution in [1.82, 2.24) is 14.4 Å². The van der Waals surface area contributed by atoms with E-state index in [0.29, 0.717) is 30.8 Å². The molecule has 37 heavy (non-hydrogen) atoms. The van der Waals surface area contributed by atoms with E-state index in [1.165, 1.54) is 42.3 Å². The maximum atomic E-state index is 12.9. The van der Waals surface area contributed by atoms with Crippen molar-refractivity contribution in [3.63, 3.8) is 0 Å². The number of non-ortho nitro benzene ring substituents is 1. The number of amides is 1. The summed E-state index contributed by atoms with van der Waals surface area (Å²) in [4.78, 5) is 27.8. The Balaban J connectivity index is 1.05. The van der Waals surface area contributed by atoms with Crippen molar-refractivity contribution in [3.05, 3.63) is 70.4 Å². The van der Waals surface area contributed by atoms with E-state index < -0.39 is 4.92 Å². The number of carbonyl (C=O) groups is 1. The number of fused-ring (bicyclic) bond motifs is 1. The molecular weight excluding hydrogens is 468 g/mol. The Hall–Kier alpha value is -3.39. The third-order valence-electron chi connectivity index (χ3n) is 8.53. The Morgan fingerprint density at radius 1 is 0.865 bits per heavy atom. The zero-order valence-corrected chi connectivity index (χ0v) is 21.1. The van der Waals surface area contributed by atoms with E-state index in [9.17, 15) is 14.9 Å². The number of rotatable bonds is 6. The van der Waals surface area contributed by atoms with Crippen LogP contribution in [0.25, 0.3) is 10.9 Å². The van der Waals surface area contributed by atoms with Crippen LogP contribution in [0.4, 0.5) is 5.69 Å². The van der Waals surface area contributed by atoms with Crippen LogP contribution in [0.1, 0.15) is 61.3 Å². The lowest BCUT2D eigenvalue weighted by Gasteiger charge is -2.41. The van der Waals surface area contributed by atoms with Gasteiger partial charge in [-0.3, -0.25) is 14.9 Å². The Morgan fingerprint density at radius 3 is 2.24 bits per heavy atom. The number of aromatic nitrogens is 1. The summed E-state index contributed by atoms with van der Waals surface area (Å²) in [6.07, 6.45) is 10.5. The quantitative estimate of drug-likeness (QED) is 0.332. The largest absolute Gasteiger partial charge is 0.490 e. The van der Waals surface area contributed by atoms with Gasteiger partial charge in [0.2, 0.25) is 0 Å². The molecule has 2 aliphatic heterocycles. The van der Waals surface area contributed by atoms with Gasteiger partial charge >= 0.3 is 0 Å². The predicted octanol–water partition coefficient (Wildman–Crippen LogP) is 5.42. The van der Waals surface area contributed by atoms with Crippen LogP contribution in [-0.2, 0) is 0 Å². The molecule has 2 aromatic carbocycles. The fourth-order valence-electron chi connectivity index (χ4n) is 6.09. The standard InChI is InChI=1S/C29H34N4O4/c34-29(21-4-6-25(7-5-21)33(35)36)31-15-11-24(12-16-31)32-19-10-22-20-27(8-9-28(22)32)37-26-13-17-30(18-14-26)23-2-1-3-23/h4-10,19-20,23-24,26H,1-3,11-18H2. The van der Waals surface area contributed by atoms with Crippen LogP contribution >= 0.6 is 0 Å². The minimum absolute atomic E-state index is 0.00219. The van der Waals surface area contributed by atoms with Crippen molar-refractivity contribution in [2.75, 3.05) is 26.2 Å². The summed E-state index contributed by atoms with van der Waals surface area (Å²) in [7, 11) is 0. The van der Waals surface area contributed by atoms with Crippen molar-refractivity contribution in [1.29, 1.82) is 0 Å². The van der Waals surface area contributed by atoms with E-state index in [2.05, 4.69) is 39.9 Å². The third kappa shape index (κ3) is 4.94. The lowest BCUT2D eigenvalue weighted by Crippen LogP contribution is -2.46. The van der Waals surface area contributed by atoms with Gasteiger partial charge in [0.25, 0.3) is 11.6 Å². The highest BCUT2D eigenvalue weighted by Gasteiger charge is 2.29. The maximum absolute atomic E-state index is 12.9. The van der Waals surface area contributed by atoms with E-state index in [4.69, 9.17) is 4.74 Å². The number of hydrogen-bond donors (Lipinski definition) is 0. The Bertz CT molecular complexity index is 1270. The summed E-state index contributed by atoms with van der Waals surface area (Å²) in [5, 5.41) is 12.1. The maximum Gasteiger partial charge on any atom is 0.269 e. The molecule has 8 heteroatoms. The molecule has 0 radical (unpaired) electrons. The lowest BCUT2D eigenvalue weighted by atomic mass is 9.90. The normalized spacial score (nSPS) is 20.2. The average molecular weight is 503 g/mol. The van der Waals surface area contributed by atoms with Crippen LogP contribution in [-0.4, -0.2) is 63.5 Å². The predicted molar refractivity (Wildman–Crippen MR) is 142 cm³/mol. The number of piperidine rings is 2. The van der Waals surface area contributed by atoms with E-state index in [0.717, 1.165) is 50.6 Å². The SMILES string of the molecule is O=C(c1ccc([N+](=O)[O-])cc1)N1CCC(n2ccc3cc(OC4CCN(C5CCC5)CC4)ccc32)CC1. The van der Waals surface area contributed by atoms with Crippen molar-refractivity contribution < 1.29 is 14.5 Å². The Labute approximate surface area is 216 Å². The molecule has 3 heterocycles. The molecule has 0 unspecified atom stereocenters. The second-order valence-electron chi connectivity index (χ2n) is 10.7. The number of nitrogens with zero attached hydrogens (tertiary/aromatic N) is 4. The van der Waals surface area contributed by atoms with E-state index in [1.807, 2.05) is 4.90 Å². The number of hydrogen-bond acceptors (Lipinski definition) is 5. The summed E-state index contributed by atoms with van der Waals surface area (Å²) in [6, 6.07) is 15.6. The van der Waals surface area contributed by atoms with Crippen LogP contribution < -0.4 is 4.74 Å². The van der Waals surface area contributed by atoms with Gasteiger partial charge in [-0.25, -0.2) is 0 Å². The van der Waals surface area contributed by atoms with Gasteiger partial charge < -0.3 is 19.1 Å². The van der Waals surface area contributed by atoms with Crippen molar-refractivity contribution in [2.24, 2.45) is 0 Å². The molecule has 6 rings (SSSR count). The first-order chi connectivity index (χ1) is 18.0. The second kappa shape index (κ2) is 10.2. The van der Waals surface area contributed by atoms with Gasteiger partial charge in [-0.05, 0) is 74.9 Å². The number of ether oxygens (including phenoxy) is 1. The summed E-state index contributed by atoms with van der Waals surface area (Å²) < 4.78 is 8.72. The molecule has 0 spiro atoms. The molecule has 8 nitrogen and oxygen atoms in total. The van der Waals surface area contributed by atoms with Gasteiger partial charge in [0.05, 0.1) is 4.92 Å². The topological polar surface area (TPSA) is 80.8 Å². The van der Waals surface area contributed by atoms with Crippen molar-refractivity contribution >= 4 is 22.5 Å². The van der Waals surface area contributed by atoms with Gasteiger partial charge in [-0.15, -0.1) is 0 Å². The second-order valence-corrected chi connectivity index (χ2v) is 10.7. The first kappa shape index (κ1) is 24.0. The number of likely N-dealkylation sites (tertiary alicyclic amines) is 2. The van der Waals surface area contributed by atoms with Gasteiger partial charge in [-0.1, -0.05) is 6.42 Å². The molecule has 1 saturated carbocycles. The molecule has 1 aromatic heterocycles. The Morgan fingerprint density at radius 2 is 1.59 bits per heavy atom. The average Bonchev–Trinajstić information content (AvgIpc) is 3.32. The molecule has 3 aromatic rings. The van der Waals surface area contributed by atoms with E-state index in [-0.39, 0.29) is 11.6 Å². The lowest BCUT2D eigenvalue weighted by molar-refractivity contribution is -0.384. The number of carbonyl (C=O) groups excluding carboxylic acids is 1. The fraction of sp³-hybridized carbons (Fsp3) is 0.483. The molecule has 2 saturated heterocycles. The van der Waals surface area contributed by atoms with Gasteiger partial charge in [0.1, 0.15) is 11.9 Å². The Kier molecular flexibility index (Phi) is 6.59.